The third kappa shape index (κ3) is 3.46. The first kappa shape index (κ1) is 12.9. The summed E-state index contributed by atoms with van der Waals surface area (Å²) in [5, 5.41) is 0. The Balaban J connectivity index is 2.72. The van der Waals surface area contributed by atoms with Gasteiger partial charge < -0.3 is 4.74 Å². The van der Waals surface area contributed by atoms with Crippen molar-refractivity contribution in [3.63, 3.8) is 0 Å². The quantitative estimate of drug-likeness (QED) is 0.762. The van der Waals surface area contributed by atoms with E-state index in [1.807, 2.05) is 27.7 Å². The Kier molecular flexibility index (Phi) is 4.69. The van der Waals surface area contributed by atoms with E-state index >= 15 is 0 Å². The summed E-state index contributed by atoms with van der Waals surface area (Å²) in [6, 6.07) is 6.20. The molecular formula is C14H20O2. The molecule has 0 heterocycles. The van der Waals surface area contributed by atoms with Crippen molar-refractivity contribution in [2.75, 3.05) is 6.61 Å². The minimum Gasteiger partial charge on any atom is -0.371 e. The molecule has 0 N–H and O–H groups in total. The van der Waals surface area contributed by atoms with Crippen LogP contribution in [0.1, 0.15) is 30.5 Å². The van der Waals surface area contributed by atoms with E-state index in [4.69, 9.17) is 4.74 Å². The summed E-state index contributed by atoms with van der Waals surface area (Å²) < 4.78 is 5.30. The zero-order valence-electron chi connectivity index (χ0n) is 10.5. The Morgan fingerprint density at radius 3 is 2.69 bits per heavy atom. The fourth-order valence-corrected chi connectivity index (χ4v) is 1.67. The highest BCUT2D eigenvalue weighted by Gasteiger charge is 2.14. The number of benzene rings is 1. The first-order chi connectivity index (χ1) is 7.54. The Morgan fingerprint density at radius 2 is 2.06 bits per heavy atom. The SMILES string of the molecule is CCOC(C)C(=O)Cc1cc(C)ccc1C. The van der Waals surface area contributed by atoms with E-state index in [9.17, 15) is 4.79 Å². The van der Waals surface area contributed by atoms with Gasteiger partial charge in [0.25, 0.3) is 0 Å². The highest BCUT2D eigenvalue weighted by Crippen LogP contribution is 2.12. The minimum atomic E-state index is -0.301. The number of carbonyl (C=O) groups excluding carboxylic acids is 1. The van der Waals surface area contributed by atoms with Gasteiger partial charge in [-0.2, -0.15) is 0 Å². The lowest BCUT2D eigenvalue weighted by Gasteiger charge is -2.12. The molecule has 0 amide bonds. The van der Waals surface area contributed by atoms with Crippen LogP contribution in [-0.2, 0) is 16.0 Å². The topological polar surface area (TPSA) is 26.3 Å². The van der Waals surface area contributed by atoms with Gasteiger partial charge in [-0.3, -0.25) is 4.79 Å². The molecule has 2 heteroatoms. The Bertz CT molecular complexity index is 369. The molecule has 0 aliphatic rings. The zero-order chi connectivity index (χ0) is 12.1. The van der Waals surface area contributed by atoms with Gasteiger partial charge in [-0.1, -0.05) is 23.8 Å². The zero-order valence-corrected chi connectivity index (χ0v) is 10.5. The summed E-state index contributed by atoms with van der Waals surface area (Å²) in [4.78, 5) is 11.8. The molecule has 0 radical (unpaired) electrons. The maximum absolute atomic E-state index is 11.8. The molecule has 0 aliphatic heterocycles. The number of ketones is 1. The number of aryl methyl sites for hydroxylation is 2. The standard InChI is InChI=1S/C14H20O2/c1-5-16-12(4)14(15)9-13-8-10(2)6-7-11(13)3/h6-8,12H,5,9H2,1-4H3. The normalized spacial score (nSPS) is 12.5. The van der Waals surface area contributed by atoms with Crippen molar-refractivity contribution in [1.29, 1.82) is 0 Å². The second-order valence-electron chi connectivity index (χ2n) is 4.17. The van der Waals surface area contributed by atoms with Gasteiger partial charge in [0.1, 0.15) is 6.10 Å². The van der Waals surface area contributed by atoms with Gasteiger partial charge in [0.2, 0.25) is 0 Å². The van der Waals surface area contributed by atoms with Crippen molar-refractivity contribution in [3.05, 3.63) is 34.9 Å². The molecule has 0 bridgehead atoms. The number of Topliss-reactive ketones (excluding diaryl/α,β-unsaturated/α-hetero) is 1. The number of hydrogen-bond acceptors (Lipinski definition) is 2. The molecule has 0 aliphatic carbocycles. The third-order valence-corrected chi connectivity index (χ3v) is 2.74. The maximum Gasteiger partial charge on any atom is 0.165 e. The number of ether oxygens (including phenoxy) is 1. The molecule has 0 spiro atoms. The summed E-state index contributed by atoms with van der Waals surface area (Å²) in [7, 11) is 0. The van der Waals surface area contributed by atoms with Crippen LogP contribution in [0, 0.1) is 13.8 Å². The number of carbonyl (C=O) groups is 1. The van der Waals surface area contributed by atoms with Crippen LogP contribution >= 0.6 is 0 Å². The second kappa shape index (κ2) is 5.80. The predicted molar refractivity (Wildman–Crippen MR) is 65.7 cm³/mol. The summed E-state index contributed by atoms with van der Waals surface area (Å²) in [6.07, 6.45) is 0.166. The van der Waals surface area contributed by atoms with E-state index in [1.165, 1.54) is 11.1 Å². The van der Waals surface area contributed by atoms with E-state index in [1.54, 1.807) is 0 Å². The van der Waals surface area contributed by atoms with Crippen molar-refractivity contribution < 1.29 is 9.53 Å². The average Bonchev–Trinajstić information content (AvgIpc) is 2.23. The van der Waals surface area contributed by atoms with Crippen molar-refractivity contribution in [2.24, 2.45) is 0 Å². The molecule has 1 rings (SSSR count). The lowest BCUT2D eigenvalue weighted by molar-refractivity contribution is -0.128. The van der Waals surface area contributed by atoms with E-state index in [2.05, 4.69) is 18.2 Å². The van der Waals surface area contributed by atoms with Crippen LogP contribution in [0.4, 0.5) is 0 Å². The highest BCUT2D eigenvalue weighted by atomic mass is 16.5. The highest BCUT2D eigenvalue weighted by molar-refractivity contribution is 5.85. The molecule has 88 valence electrons. The van der Waals surface area contributed by atoms with Gasteiger partial charge in [-0.25, -0.2) is 0 Å². The largest absolute Gasteiger partial charge is 0.371 e. The maximum atomic E-state index is 11.8. The predicted octanol–water partition coefficient (Wildman–Crippen LogP) is 2.84. The van der Waals surface area contributed by atoms with Crippen LogP contribution in [0.3, 0.4) is 0 Å². The van der Waals surface area contributed by atoms with Crippen LogP contribution < -0.4 is 0 Å². The van der Waals surface area contributed by atoms with E-state index in [0.29, 0.717) is 13.0 Å². The summed E-state index contributed by atoms with van der Waals surface area (Å²) in [5.41, 5.74) is 3.47. The molecular weight excluding hydrogens is 200 g/mol. The molecule has 0 saturated carbocycles. The first-order valence-corrected chi connectivity index (χ1v) is 5.75. The van der Waals surface area contributed by atoms with Crippen LogP contribution in [-0.4, -0.2) is 18.5 Å². The van der Waals surface area contributed by atoms with E-state index in [-0.39, 0.29) is 11.9 Å². The lowest BCUT2D eigenvalue weighted by Crippen LogP contribution is -2.22. The molecule has 1 aromatic rings. The monoisotopic (exact) mass is 220 g/mol. The Morgan fingerprint density at radius 1 is 1.38 bits per heavy atom. The molecule has 1 aromatic carbocycles. The van der Waals surface area contributed by atoms with Gasteiger partial charge in [0.05, 0.1) is 0 Å². The molecule has 0 aromatic heterocycles. The van der Waals surface area contributed by atoms with Crippen molar-refractivity contribution >= 4 is 5.78 Å². The van der Waals surface area contributed by atoms with Crippen molar-refractivity contribution in [3.8, 4) is 0 Å². The summed E-state index contributed by atoms with van der Waals surface area (Å²) in [5.74, 6) is 0.149. The second-order valence-corrected chi connectivity index (χ2v) is 4.17. The Hall–Kier alpha value is -1.15. The first-order valence-electron chi connectivity index (χ1n) is 5.75. The molecule has 0 fully saturated rings. The molecule has 1 atom stereocenters. The van der Waals surface area contributed by atoms with Gasteiger partial charge >= 0.3 is 0 Å². The van der Waals surface area contributed by atoms with Crippen LogP contribution in [0.2, 0.25) is 0 Å². The van der Waals surface area contributed by atoms with Gasteiger partial charge in [0, 0.05) is 13.0 Å². The molecule has 16 heavy (non-hydrogen) atoms. The van der Waals surface area contributed by atoms with Crippen LogP contribution in [0.5, 0.6) is 0 Å². The van der Waals surface area contributed by atoms with Crippen molar-refractivity contribution in [2.45, 2.75) is 40.2 Å². The fraction of sp³-hybridized carbons (Fsp3) is 0.500. The third-order valence-electron chi connectivity index (χ3n) is 2.74. The van der Waals surface area contributed by atoms with Crippen LogP contribution in [0.25, 0.3) is 0 Å². The molecule has 0 saturated heterocycles. The number of hydrogen-bond donors (Lipinski definition) is 0. The van der Waals surface area contributed by atoms with E-state index < -0.39 is 0 Å². The van der Waals surface area contributed by atoms with Crippen LogP contribution in [0.15, 0.2) is 18.2 Å². The smallest absolute Gasteiger partial charge is 0.165 e. The van der Waals surface area contributed by atoms with Crippen molar-refractivity contribution in [1.82, 2.24) is 0 Å². The lowest BCUT2D eigenvalue weighted by atomic mass is 9.99. The molecule has 1 unspecified atom stereocenters. The van der Waals surface area contributed by atoms with Gasteiger partial charge in [0.15, 0.2) is 5.78 Å². The Labute approximate surface area is 97.6 Å². The number of rotatable bonds is 5. The molecule has 2 nitrogen and oxygen atoms in total. The summed E-state index contributed by atoms with van der Waals surface area (Å²) >= 11 is 0. The van der Waals surface area contributed by atoms with Gasteiger partial charge in [-0.15, -0.1) is 0 Å². The van der Waals surface area contributed by atoms with E-state index in [0.717, 1.165) is 5.56 Å². The fourth-order valence-electron chi connectivity index (χ4n) is 1.67. The van der Waals surface area contributed by atoms with Gasteiger partial charge in [-0.05, 0) is 38.8 Å². The minimum absolute atomic E-state index is 0.149. The summed E-state index contributed by atoms with van der Waals surface area (Å²) in [6.45, 7) is 8.38. The average molecular weight is 220 g/mol.